The van der Waals surface area contributed by atoms with Crippen molar-refractivity contribution in [1.29, 1.82) is 0 Å². The number of halogens is 1. The third-order valence-corrected chi connectivity index (χ3v) is 9.45. The lowest BCUT2D eigenvalue weighted by atomic mass is 9.49. The number of fused-ring (bicyclic) bond motifs is 1. The van der Waals surface area contributed by atoms with Crippen molar-refractivity contribution in [3.63, 3.8) is 0 Å². The van der Waals surface area contributed by atoms with Crippen molar-refractivity contribution in [2.75, 3.05) is 25.1 Å². The molecule has 0 bridgehead atoms. The van der Waals surface area contributed by atoms with Crippen LogP contribution in [-0.4, -0.2) is 89.1 Å². The van der Waals surface area contributed by atoms with Gasteiger partial charge in [-0.2, -0.15) is 0 Å². The Kier molecular flexibility index (Phi) is 8.71. The molecular formula is C25H36B4ClN5O4. The Labute approximate surface area is 238 Å². The highest BCUT2D eigenvalue weighted by Gasteiger charge is 2.80. The molecule has 3 N–H and O–H groups in total. The lowest BCUT2D eigenvalue weighted by Gasteiger charge is -2.26. The van der Waals surface area contributed by atoms with Crippen molar-refractivity contribution in [2.24, 2.45) is 0 Å². The van der Waals surface area contributed by atoms with Gasteiger partial charge in [0.05, 0.1) is 36.8 Å². The molecule has 0 spiro atoms. The average molecular weight is 549 g/mol. The zero-order chi connectivity index (χ0) is 28.4. The number of anilines is 1. The number of aliphatic carboxylic acids is 1. The van der Waals surface area contributed by atoms with E-state index in [0.29, 0.717) is 17.9 Å². The van der Waals surface area contributed by atoms with E-state index in [4.69, 9.17) is 21.3 Å². The van der Waals surface area contributed by atoms with Gasteiger partial charge >= 0.3 is 5.97 Å². The number of carbonyl (C=O) groups excluding carboxylic acids is 1. The molecule has 2 aromatic heterocycles. The van der Waals surface area contributed by atoms with Crippen LogP contribution in [0.4, 0.5) is 5.82 Å². The standard InChI is InChI=1S/C25H36B4ClN5O4/c1-14-18(19(30)33-13-32-14)23(24(26,27)25(23,28)29)22(38)35-17(21(36)37)9-12-39-11-3-2-6-16-8-7-15-5-4-10-31-20(15)34-16/h7-8,13,17H,2-6,9-12,26-29H2,1H3,(H,31,34)(H,35,38)(H,36,37). The largest absolute Gasteiger partial charge is 0.480 e. The molecule has 1 aliphatic carbocycles. The molecule has 3 heterocycles. The fraction of sp³-hybridized carbons (Fsp3) is 0.560. The van der Waals surface area contributed by atoms with Gasteiger partial charge in [-0.3, -0.25) is 4.79 Å². The maximum Gasteiger partial charge on any atom is 0.326 e. The second-order valence-corrected chi connectivity index (χ2v) is 12.0. The molecule has 9 nitrogen and oxygen atoms in total. The molecule has 1 saturated carbocycles. The highest BCUT2D eigenvalue weighted by atomic mass is 35.5. The Balaban J connectivity index is 1.29. The van der Waals surface area contributed by atoms with Crippen LogP contribution in [0.3, 0.4) is 0 Å². The maximum absolute atomic E-state index is 13.8. The van der Waals surface area contributed by atoms with Crippen molar-refractivity contribution >= 4 is 60.7 Å². The zero-order valence-electron chi connectivity index (χ0n) is 23.6. The SMILES string of the molecule is BC1(B)C(B)(B)C1(C(=O)NC(CCOCCCCc1ccc2c(n1)NCCC2)C(=O)O)c1c(C)ncnc1Cl. The number of nitrogens with zero attached hydrogens (tertiary/aromatic N) is 3. The van der Waals surface area contributed by atoms with Gasteiger partial charge in [0.15, 0.2) is 0 Å². The molecule has 2 aliphatic rings. The normalized spacial score (nSPS) is 18.8. The van der Waals surface area contributed by atoms with E-state index in [1.165, 1.54) is 11.9 Å². The summed E-state index contributed by atoms with van der Waals surface area (Å²) >= 11 is 6.49. The first-order valence-electron chi connectivity index (χ1n) is 13.8. The van der Waals surface area contributed by atoms with Crippen LogP contribution in [0.25, 0.3) is 0 Å². The van der Waals surface area contributed by atoms with Crippen LogP contribution in [-0.2, 0) is 32.6 Å². The number of carbonyl (C=O) groups is 2. The van der Waals surface area contributed by atoms with Crippen molar-refractivity contribution in [3.8, 4) is 0 Å². The highest BCUT2D eigenvalue weighted by Crippen LogP contribution is 2.83. The first kappa shape index (κ1) is 29.5. The van der Waals surface area contributed by atoms with Crippen molar-refractivity contribution in [3.05, 3.63) is 46.1 Å². The fourth-order valence-corrected chi connectivity index (χ4v) is 6.66. The monoisotopic (exact) mass is 549 g/mol. The minimum atomic E-state index is -1.10. The number of ether oxygens (including phenoxy) is 1. The Bertz CT molecular complexity index is 1210. The summed E-state index contributed by atoms with van der Waals surface area (Å²) in [6.07, 6.45) is 6.38. The van der Waals surface area contributed by atoms with Crippen molar-refractivity contribution in [1.82, 2.24) is 20.3 Å². The van der Waals surface area contributed by atoms with Crippen LogP contribution in [0, 0.1) is 6.92 Å². The molecule has 1 amide bonds. The molecule has 1 fully saturated rings. The van der Waals surface area contributed by atoms with Gasteiger partial charge in [0.25, 0.3) is 0 Å². The van der Waals surface area contributed by atoms with Gasteiger partial charge in [-0.05, 0) is 50.7 Å². The number of nitrogens with one attached hydrogen (secondary N) is 2. The molecule has 1 unspecified atom stereocenters. The van der Waals surface area contributed by atoms with Crippen LogP contribution in [0.1, 0.15) is 48.2 Å². The quantitative estimate of drug-likeness (QED) is 0.179. The summed E-state index contributed by atoms with van der Waals surface area (Å²) in [5.74, 6) is -0.469. The molecule has 1 atom stereocenters. The van der Waals surface area contributed by atoms with Gasteiger partial charge in [-0.1, -0.05) is 28.1 Å². The summed E-state index contributed by atoms with van der Waals surface area (Å²) in [7, 11) is 7.96. The number of rotatable bonds is 12. The van der Waals surface area contributed by atoms with Gasteiger partial charge in [0.1, 0.15) is 23.3 Å². The van der Waals surface area contributed by atoms with Crippen LogP contribution in [0.2, 0.25) is 15.6 Å². The molecule has 0 saturated heterocycles. The first-order chi connectivity index (χ1) is 18.4. The van der Waals surface area contributed by atoms with E-state index in [2.05, 4.69) is 32.7 Å². The van der Waals surface area contributed by atoms with E-state index in [0.717, 1.165) is 50.2 Å². The van der Waals surface area contributed by atoms with Crippen molar-refractivity contribution < 1.29 is 19.4 Å². The van der Waals surface area contributed by atoms with Crippen molar-refractivity contribution in [2.45, 2.75) is 67.3 Å². The number of carboxylic acids is 1. The van der Waals surface area contributed by atoms with Gasteiger partial charge < -0.3 is 20.5 Å². The number of aromatic nitrogens is 3. The number of hydrogen-bond donors (Lipinski definition) is 3. The van der Waals surface area contributed by atoms with Crippen LogP contribution in [0.5, 0.6) is 0 Å². The maximum atomic E-state index is 13.8. The van der Waals surface area contributed by atoms with Gasteiger partial charge in [-0.15, -0.1) is 0 Å². The van der Waals surface area contributed by atoms with E-state index in [1.807, 2.05) is 31.4 Å². The zero-order valence-corrected chi connectivity index (χ0v) is 24.3. The number of unbranched alkanes of at least 4 members (excludes halogenated alkanes) is 1. The number of pyridine rings is 1. The Morgan fingerprint density at radius 2 is 1.92 bits per heavy atom. The predicted octanol–water partition coefficient (Wildman–Crippen LogP) is -0.793. The molecule has 39 heavy (non-hydrogen) atoms. The first-order valence-corrected chi connectivity index (χ1v) is 14.1. The molecule has 0 aromatic carbocycles. The Morgan fingerprint density at radius 3 is 2.59 bits per heavy atom. The molecule has 14 heteroatoms. The third-order valence-electron chi connectivity index (χ3n) is 9.16. The summed E-state index contributed by atoms with van der Waals surface area (Å²) in [6.45, 7) is 3.51. The Hall–Kier alpha value is -2.52. The molecule has 1 aliphatic heterocycles. The highest BCUT2D eigenvalue weighted by molar-refractivity contribution is 6.65. The second kappa shape index (κ2) is 11.5. The van der Waals surface area contributed by atoms with E-state index >= 15 is 0 Å². The number of aryl methyl sites for hydroxylation is 3. The number of amides is 1. The lowest BCUT2D eigenvalue weighted by molar-refractivity contribution is -0.142. The minimum absolute atomic E-state index is 0.161. The van der Waals surface area contributed by atoms with E-state index < -0.39 is 27.9 Å². The van der Waals surface area contributed by atoms with E-state index in [-0.39, 0.29) is 24.1 Å². The fourth-order valence-electron chi connectivity index (χ4n) is 6.33. The third kappa shape index (κ3) is 5.32. The van der Waals surface area contributed by atoms with Crippen LogP contribution < -0.4 is 10.6 Å². The summed E-state index contributed by atoms with van der Waals surface area (Å²) in [5.41, 5.74) is 2.46. The van der Waals surface area contributed by atoms with Gasteiger partial charge in [-0.25, -0.2) is 19.7 Å². The summed E-state index contributed by atoms with van der Waals surface area (Å²) in [4.78, 5) is 39.0. The second-order valence-electron chi connectivity index (χ2n) is 11.7. The molecular weight excluding hydrogens is 513 g/mol. The topological polar surface area (TPSA) is 126 Å². The summed E-state index contributed by atoms with van der Waals surface area (Å²) in [6, 6.07) is 3.17. The predicted molar refractivity (Wildman–Crippen MR) is 162 cm³/mol. The van der Waals surface area contributed by atoms with E-state index in [9.17, 15) is 14.7 Å². The number of hydrogen-bond acceptors (Lipinski definition) is 7. The van der Waals surface area contributed by atoms with Crippen LogP contribution >= 0.6 is 11.6 Å². The molecule has 4 rings (SSSR count). The minimum Gasteiger partial charge on any atom is -0.480 e. The summed E-state index contributed by atoms with van der Waals surface area (Å²) < 4.78 is 5.74. The molecule has 0 radical (unpaired) electrons. The van der Waals surface area contributed by atoms with Gasteiger partial charge in [0.2, 0.25) is 5.91 Å². The molecule has 2 aromatic rings. The molecule has 204 valence electrons. The number of carboxylic acid groups (broad SMARTS) is 1. The smallest absolute Gasteiger partial charge is 0.326 e. The average Bonchev–Trinajstić information content (AvgIpc) is 3.25. The summed E-state index contributed by atoms with van der Waals surface area (Å²) in [5, 5.41) is 15.2. The van der Waals surface area contributed by atoms with Gasteiger partial charge in [0, 0.05) is 43.1 Å². The van der Waals surface area contributed by atoms with Crippen LogP contribution in [0.15, 0.2) is 18.5 Å². The van der Waals surface area contributed by atoms with E-state index in [1.54, 1.807) is 6.92 Å². The Morgan fingerprint density at radius 1 is 1.18 bits per heavy atom. The lowest BCUT2D eigenvalue weighted by Crippen LogP contribution is -2.48.